The largest absolute Gasteiger partial charge is 0.481 e. The van der Waals surface area contributed by atoms with Crippen LogP contribution in [-0.2, 0) is 9.84 Å². The highest BCUT2D eigenvalue weighted by molar-refractivity contribution is 9.10. The van der Waals surface area contributed by atoms with Gasteiger partial charge in [0.05, 0.1) is 23.1 Å². The maximum Gasteiger partial charge on any atom is 0.217 e. The molecular weight excluding hydrogens is 480 g/mol. The Morgan fingerprint density at radius 3 is 2.42 bits per heavy atom. The number of benzene rings is 2. The highest BCUT2D eigenvalue weighted by Gasteiger charge is 2.41. The minimum Gasteiger partial charge on any atom is -0.481 e. The van der Waals surface area contributed by atoms with Crippen LogP contribution < -0.4 is 10.1 Å². The Balaban J connectivity index is 1.92. The van der Waals surface area contributed by atoms with Gasteiger partial charge in [0.25, 0.3) is 0 Å². The molecule has 164 valence electrons. The second kappa shape index (κ2) is 8.50. The van der Waals surface area contributed by atoms with E-state index >= 15 is 0 Å². The van der Waals surface area contributed by atoms with Gasteiger partial charge in [0.2, 0.25) is 5.88 Å². The van der Waals surface area contributed by atoms with Crippen LogP contribution in [0.15, 0.2) is 57.9 Å². The molecule has 0 bridgehead atoms. The van der Waals surface area contributed by atoms with Crippen LogP contribution >= 0.6 is 15.9 Å². The standard InChI is InChI=1S/C23H25BrN2O4S/c1-30-22-19(14-16-13-17(24)5-8-20(16)26-22)21(23(27)9-11-25-12-10-23)15-3-6-18(7-4-15)31(2,28)29/h3-8,13-14,21,25,27H,9-12H2,1-2H3. The number of rotatable bonds is 5. The molecule has 1 aliphatic heterocycles. The van der Waals surface area contributed by atoms with E-state index in [1.54, 1.807) is 31.4 Å². The Labute approximate surface area is 190 Å². The number of fused-ring (bicyclic) bond motifs is 1. The average Bonchev–Trinajstić information content (AvgIpc) is 2.73. The number of hydrogen-bond donors (Lipinski definition) is 2. The first-order valence-corrected chi connectivity index (χ1v) is 12.8. The molecule has 31 heavy (non-hydrogen) atoms. The predicted octanol–water partition coefficient (Wildman–Crippen LogP) is 3.66. The fraction of sp³-hybridized carbons (Fsp3) is 0.348. The number of halogens is 1. The number of piperidine rings is 1. The molecular formula is C23H25BrN2O4S. The Hall–Kier alpha value is -2.00. The molecule has 1 atom stereocenters. The molecule has 6 nitrogen and oxygen atoms in total. The zero-order valence-electron chi connectivity index (χ0n) is 17.4. The van der Waals surface area contributed by atoms with E-state index in [1.807, 2.05) is 24.3 Å². The molecule has 1 unspecified atom stereocenters. The van der Waals surface area contributed by atoms with Gasteiger partial charge in [-0.25, -0.2) is 13.4 Å². The van der Waals surface area contributed by atoms with Crippen molar-refractivity contribution in [1.29, 1.82) is 0 Å². The van der Waals surface area contributed by atoms with E-state index in [0.29, 0.717) is 31.8 Å². The summed E-state index contributed by atoms with van der Waals surface area (Å²) in [6, 6.07) is 14.6. The highest BCUT2D eigenvalue weighted by atomic mass is 79.9. The molecule has 4 rings (SSSR count). The number of methoxy groups -OCH3 is 1. The molecule has 0 spiro atoms. The molecule has 0 aliphatic carbocycles. The van der Waals surface area contributed by atoms with Gasteiger partial charge in [-0.05, 0) is 67.9 Å². The maximum absolute atomic E-state index is 11.9. The quantitative estimate of drug-likeness (QED) is 0.551. The number of sulfone groups is 1. The molecule has 0 radical (unpaired) electrons. The number of hydrogen-bond acceptors (Lipinski definition) is 6. The zero-order chi connectivity index (χ0) is 22.2. The number of ether oxygens (including phenoxy) is 1. The van der Waals surface area contributed by atoms with Crippen molar-refractivity contribution in [2.45, 2.75) is 29.3 Å². The molecule has 1 fully saturated rings. The van der Waals surface area contributed by atoms with Gasteiger partial charge in [0.15, 0.2) is 9.84 Å². The molecule has 0 saturated carbocycles. The van der Waals surface area contributed by atoms with Crippen molar-refractivity contribution in [3.63, 3.8) is 0 Å². The topological polar surface area (TPSA) is 88.5 Å². The van der Waals surface area contributed by atoms with E-state index in [4.69, 9.17) is 9.72 Å². The molecule has 1 aliphatic rings. The lowest BCUT2D eigenvalue weighted by Gasteiger charge is -2.40. The van der Waals surface area contributed by atoms with Gasteiger partial charge in [-0.1, -0.05) is 28.1 Å². The molecule has 1 saturated heterocycles. The van der Waals surface area contributed by atoms with E-state index in [9.17, 15) is 13.5 Å². The van der Waals surface area contributed by atoms with Gasteiger partial charge in [0.1, 0.15) is 0 Å². The van der Waals surface area contributed by atoms with Crippen molar-refractivity contribution in [1.82, 2.24) is 10.3 Å². The first kappa shape index (κ1) is 22.2. The van der Waals surface area contributed by atoms with Crippen LogP contribution in [0.2, 0.25) is 0 Å². The van der Waals surface area contributed by atoms with Crippen molar-refractivity contribution in [2.24, 2.45) is 0 Å². The van der Waals surface area contributed by atoms with Gasteiger partial charge in [-0.2, -0.15) is 0 Å². The van der Waals surface area contributed by atoms with Crippen LogP contribution in [-0.4, -0.2) is 50.6 Å². The molecule has 2 heterocycles. The average molecular weight is 505 g/mol. The van der Waals surface area contributed by atoms with Crippen LogP contribution in [0, 0.1) is 0 Å². The van der Waals surface area contributed by atoms with E-state index in [-0.39, 0.29) is 4.90 Å². The Morgan fingerprint density at radius 2 is 1.81 bits per heavy atom. The second-order valence-electron chi connectivity index (χ2n) is 8.05. The van der Waals surface area contributed by atoms with Gasteiger partial charge < -0.3 is 15.2 Å². The lowest BCUT2D eigenvalue weighted by Crippen LogP contribution is -2.46. The molecule has 2 N–H and O–H groups in total. The fourth-order valence-electron chi connectivity index (χ4n) is 4.35. The van der Waals surface area contributed by atoms with Crippen LogP contribution in [0.3, 0.4) is 0 Å². The lowest BCUT2D eigenvalue weighted by molar-refractivity contribution is -0.00550. The Kier molecular flexibility index (Phi) is 6.09. The number of nitrogens with zero attached hydrogens (tertiary/aromatic N) is 1. The molecule has 8 heteroatoms. The van der Waals surface area contributed by atoms with E-state index < -0.39 is 21.4 Å². The second-order valence-corrected chi connectivity index (χ2v) is 11.0. The highest BCUT2D eigenvalue weighted by Crippen LogP contribution is 2.44. The molecule has 3 aromatic rings. The summed E-state index contributed by atoms with van der Waals surface area (Å²) >= 11 is 3.51. The number of nitrogens with one attached hydrogen (secondary N) is 1. The SMILES string of the molecule is COc1nc2ccc(Br)cc2cc1C(c1ccc(S(C)(=O)=O)cc1)C1(O)CCNCC1. The lowest BCUT2D eigenvalue weighted by atomic mass is 9.72. The summed E-state index contributed by atoms with van der Waals surface area (Å²) in [7, 11) is -1.73. The summed E-state index contributed by atoms with van der Waals surface area (Å²) in [5.74, 6) is 0.0352. The van der Waals surface area contributed by atoms with Crippen LogP contribution in [0.4, 0.5) is 0 Å². The summed E-state index contributed by atoms with van der Waals surface area (Å²) < 4.78 is 30.5. The summed E-state index contributed by atoms with van der Waals surface area (Å²) in [5, 5.41) is 16.0. The smallest absolute Gasteiger partial charge is 0.217 e. The molecule has 2 aromatic carbocycles. The third-order valence-electron chi connectivity index (χ3n) is 5.92. The third-order valence-corrected chi connectivity index (χ3v) is 7.54. The minimum atomic E-state index is -3.31. The Morgan fingerprint density at radius 1 is 1.13 bits per heavy atom. The Bertz CT molecular complexity index is 1210. The maximum atomic E-state index is 11.9. The monoisotopic (exact) mass is 504 g/mol. The van der Waals surface area contributed by atoms with Gasteiger partial charge >= 0.3 is 0 Å². The van der Waals surface area contributed by atoms with Crippen LogP contribution in [0.1, 0.15) is 29.9 Å². The van der Waals surface area contributed by atoms with E-state index in [1.165, 1.54) is 6.26 Å². The normalized spacial score (nSPS) is 17.4. The summed E-state index contributed by atoms with van der Waals surface area (Å²) in [6.45, 7) is 1.40. The van der Waals surface area contributed by atoms with Crippen molar-refractivity contribution in [3.05, 3.63) is 64.1 Å². The van der Waals surface area contributed by atoms with Crippen molar-refractivity contribution in [2.75, 3.05) is 26.5 Å². The first-order chi connectivity index (χ1) is 14.7. The predicted molar refractivity (Wildman–Crippen MR) is 124 cm³/mol. The molecule has 0 amide bonds. The van der Waals surface area contributed by atoms with E-state index in [2.05, 4.69) is 21.2 Å². The molecule has 1 aromatic heterocycles. The zero-order valence-corrected chi connectivity index (χ0v) is 19.8. The van der Waals surface area contributed by atoms with Crippen molar-refractivity contribution >= 4 is 36.7 Å². The summed E-state index contributed by atoms with van der Waals surface area (Å²) in [5.41, 5.74) is 1.38. The minimum absolute atomic E-state index is 0.250. The van der Waals surface area contributed by atoms with Gasteiger partial charge in [0, 0.05) is 27.6 Å². The fourth-order valence-corrected chi connectivity index (χ4v) is 5.36. The van der Waals surface area contributed by atoms with Gasteiger partial charge in [-0.3, -0.25) is 0 Å². The van der Waals surface area contributed by atoms with Gasteiger partial charge in [-0.15, -0.1) is 0 Å². The number of pyridine rings is 1. The first-order valence-electron chi connectivity index (χ1n) is 10.1. The summed E-state index contributed by atoms with van der Waals surface area (Å²) in [4.78, 5) is 4.95. The third kappa shape index (κ3) is 4.48. The van der Waals surface area contributed by atoms with Crippen molar-refractivity contribution in [3.8, 4) is 5.88 Å². The van der Waals surface area contributed by atoms with Crippen molar-refractivity contribution < 1.29 is 18.3 Å². The van der Waals surface area contributed by atoms with Crippen LogP contribution in [0.25, 0.3) is 10.9 Å². The number of aromatic nitrogens is 1. The summed E-state index contributed by atoms with van der Waals surface area (Å²) in [6.07, 6.45) is 2.31. The van der Waals surface area contributed by atoms with E-state index in [0.717, 1.165) is 26.5 Å². The van der Waals surface area contributed by atoms with Crippen LogP contribution in [0.5, 0.6) is 5.88 Å². The number of aliphatic hydroxyl groups is 1.